The van der Waals surface area contributed by atoms with Gasteiger partial charge in [-0.15, -0.1) is 0 Å². The first-order valence-corrected chi connectivity index (χ1v) is 8.34. The summed E-state index contributed by atoms with van der Waals surface area (Å²) in [5, 5.41) is 3.93. The van der Waals surface area contributed by atoms with Gasteiger partial charge >= 0.3 is 0 Å². The van der Waals surface area contributed by atoms with Crippen LogP contribution in [0.4, 0.5) is 0 Å². The normalized spacial score (nSPS) is 12.0. The van der Waals surface area contributed by atoms with E-state index in [1.807, 2.05) is 43.3 Å². The monoisotopic (exact) mass is 350 g/mol. The van der Waals surface area contributed by atoms with Crippen LogP contribution in [0.2, 0.25) is 10.0 Å². The fraction of sp³-hybridized carbons (Fsp3) is 0.278. The molecule has 0 aliphatic rings. The molecule has 0 unspecified atom stereocenters. The molecule has 0 aliphatic heterocycles. The molecule has 0 spiro atoms. The zero-order chi connectivity index (χ0) is 16.8. The van der Waals surface area contributed by atoms with Crippen molar-refractivity contribution >= 4 is 29.1 Å². The molecule has 1 amide bonds. The van der Waals surface area contributed by atoms with E-state index in [1.165, 1.54) is 0 Å². The van der Waals surface area contributed by atoms with Crippen LogP contribution in [0.5, 0.6) is 0 Å². The van der Waals surface area contributed by atoms with Gasteiger partial charge in [0.2, 0.25) is 5.91 Å². The van der Waals surface area contributed by atoms with Crippen molar-refractivity contribution < 1.29 is 4.79 Å². The quantitative estimate of drug-likeness (QED) is 0.810. The Balaban J connectivity index is 1.99. The third-order valence-corrected chi connectivity index (χ3v) is 4.35. The van der Waals surface area contributed by atoms with E-state index in [9.17, 15) is 4.79 Å². The molecule has 0 saturated heterocycles. The van der Waals surface area contributed by atoms with Crippen molar-refractivity contribution in [3.8, 4) is 11.1 Å². The molecule has 0 fully saturated rings. The third-order valence-electron chi connectivity index (χ3n) is 3.61. The van der Waals surface area contributed by atoms with Gasteiger partial charge in [0.15, 0.2) is 0 Å². The Hall–Kier alpha value is -1.55. The first-order valence-electron chi connectivity index (χ1n) is 7.59. The van der Waals surface area contributed by atoms with Crippen LogP contribution >= 0.6 is 23.2 Å². The lowest BCUT2D eigenvalue weighted by Crippen LogP contribution is -2.40. The highest BCUT2D eigenvalue weighted by Crippen LogP contribution is 2.28. The predicted octanol–water partition coefficient (Wildman–Crippen LogP) is 4.40. The van der Waals surface area contributed by atoms with Crippen LogP contribution in [0.3, 0.4) is 0 Å². The van der Waals surface area contributed by atoms with Crippen molar-refractivity contribution in [3.63, 3.8) is 0 Å². The molecule has 0 heterocycles. The molecule has 2 aromatic rings. The Kier molecular flexibility index (Phi) is 6.46. The summed E-state index contributed by atoms with van der Waals surface area (Å²) in [6.07, 6.45) is 1.59. The van der Waals surface area contributed by atoms with Crippen LogP contribution in [-0.2, 0) is 11.3 Å². The largest absolute Gasteiger partial charge is 0.351 e. The van der Waals surface area contributed by atoms with Gasteiger partial charge < -0.3 is 11.1 Å². The second-order valence-corrected chi connectivity index (χ2v) is 6.25. The van der Waals surface area contributed by atoms with Crippen molar-refractivity contribution in [2.24, 2.45) is 5.73 Å². The number of rotatable bonds is 6. The molecule has 1 atom stereocenters. The van der Waals surface area contributed by atoms with Crippen molar-refractivity contribution in [2.75, 3.05) is 0 Å². The molecule has 0 radical (unpaired) electrons. The fourth-order valence-electron chi connectivity index (χ4n) is 2.25. The van der Waals surface area contributed by atoms with E-state index in [1.54, 1.807) is 6.07 Å². The minimum Gasteiger partial charge on any atom is -0.351 e. The highest BCUT2D eigenvalue weighted by Gasteiger charge is 2.11. The zero-order valence-corrected chi connectivity index (χ0v) is 14.5. The third kappa shape index (κ3) is 4.96. The topological polar surface area (TPSA) is 55.1 Å². The lowest BCUT2D eigenvalue weighted by atomic mass is 10.0. The Bertz CT molecular complexity index is 671. The Morgan fingerprint density at radius 1 is 1.09 bits per heavy atom. The fourth-order valence-corrected chi connectivity index (χ4v) is 2.55. The van der Waals surface area contributed by atoms with Gasteiger partial charge in [0.1, 0.15) is 0 Å². The maximum absolute atomic E-state index is 11.8. The highest BCUT2D eigenvalue weighted by atomic mass is 35.5. The van der Waals surface area contributed by atoms with Crippen molar-refractivity contribution in [1.29, 1.82) is 0 Å². The van der Waals surface area contributed by atoms with E-state index < -0.39 is 6.04 Å². The molecule has 0 bridgehead atoms. The smallest absolute Gasteiger partial charge is 0.237 e. The summed E-state index contributed by atoms with van der Waals surface area (Å²) < 4.78 is 0. The maximum atomic E-state index is 11.8. The van der Waals surface area contributed by atoms with E-state index in [0.717, 1.165) is 23.1 Å². The van der Waals surface area contributed by atoms with Gasteiger partial charge in [-0.1, -0.05) is 66.9 Å². The van der Waals surface area contributed by atoms with Crippen LogP contribution < -0.4 is 11.1 Å². The average Bonchev–Trinajstić information content (AvgIpc) is 2.56. The number of halogens is 2. The van der Waals surface area contributed by atoms with E-state index in [2.05, 4.69) is 5.32 Å². The average molecular weight is 351 g/mol. The Labute approximate surface area is 146 Å². The van der Waals surface area contributed by atoms with Gasteiger partial charge in [0.25, 0.3) is 0 Å². The number of amides is 1. The molecule has 2 aromatic carbocycles. The molecule has 3 N–H and O–H groups in total. The number of benzene rings is 2. The van der Waals surface area contributed by atoms with E-state index in [4.69, 9.17) is 28.9 Å². The van der Waals surface area contributed by atoms with Gasteiger partial charge in [-0.05, 0) is 35.2 Å². The standard InChI is InChI=1S/C18H20Cl2N2O/c1-2-3-17(21)18(23)22-11-12-4-6-13(7-5-12)14-8-9-15(19)16(20)10-14/h4-10,17H,2-3,11,21H2,1H3,(H,22,23)/t17-/m0/s1. The number of carbonyl (C=O) groups excluding carboxylic acids is 1. The molecule has 122 valence electrons. The number of carbonyl (C=O) groups is 1. The Morgan fingerprint density at radius 2 is 1.74 bits per heavy atom. The zero-order valence-electron chi connectivity index (χ0n) is 13.0. The summed E-state index contributed by atoms with van der Waals surface area (Å²) in [7, 11) is 0. The number of nitrogens with one attached hydrogen (secondary N) is 1. The molecule has 3 nitrogen and oxygen atoms in total. The Morgan fingerprint density at radius 3 is 2.35 bits per heavy atom. The minimum atomic E-state index is -0.435. The molecule has 2 rings (SSSR count). The first-order chi connectivity index (χ1) is 11.0. The van der Waals surface area contributed by atoms with Crippen molar-refractivity contribution in [1.82, 2.24) is 5.32 Å². The second kappa shape index (κ2) is 8.34. The van der Waals surface area contributed by atoms with Crippen LogP contribution in [0.1, 0.15) is 25.3 Å². The van der Waals surface area contributed by atoms with Gasteiger partial charge in [-0.2, -0.15) is 0 Å². The lowest BCUT2D eigenvalue weighted by Gasteiger charge is -2.11. The van der Waals surface area contributed by atoms with Crippen LogP contribution in [0.15, 0.2) is 42.5 Å². The summed E-state index contributed by atoms with van der Waals surface area (Å²) in [6, 6.07) is 13.0. The SMILES string of the molecule is CCC[C@H](N)C(=O)NCc1ccc(-c2ccc(Cl)c(Cl)c2)cc1. The summed E-state index contributed by atoms with van der Waals surface area (Å²) in [6.45, 7) is 2.48. The van der Waals surface area contributed by atoms with Crippen molar-refractivity contribution in [3.05, 3.63) is 58.1 Å². The van der Waals surface area contributed by atoms with Crippen LogP contribution in [0.25, 0.3) is 11.1 Å². The first kappa shape index (κ1) is 17.8. The van der Waals surface area contributed by atoms with Gasteiger partial charge in [0.05, 0.1) is 16.1 Å². The predicted molar refractivity (Wildman–Crippen MR) is 96.6 cm³/mol. The molecule has 0 saturated carbocycles. The molecule has 0 aliphatic carbocycles. The number of hydrogen-bond acceptors (Lipinski definition) is 2. The van der Waals surface area contributed by atoms with Crippen molar-refractivity contribution in [2.45, 2.75) is 32.4 Å². The van der Waals surface area contributed by atoms with E-state index >= 15 is 0 Å². The number of nitrogens with two attached hydrogens (primary N) is 1. The summed E-state index contributed by atoms with van der Waals surface area (Å²) in [5.74, 6) is -0.111. The van der Waals surface area contributed by atoms with Crippen LogP contribution in [-0.4, -0.2) is 11.9 Å². The molecular formula is C18H20Cl2N2O. The minimum absolute atomic E-state index is 0.111. The van der Waals surface area contributed by atoms with E-state index in [-0.39, 0.29) is 5.91 Å². The molecule has 5 heteroatoms. The maximum Gasteiger partial charge on any atom is 0.237 e. The summed E-state index contributed by atoms with van der Waals surface area (Å²) in [5.41, 5.74) is 8.85. The highest BCUT2D eigenvalue weighted by molar-refractivity contribution is 6.42. The number of hydrogen-bond donors (Lipinski definition) is 2. The second-order valence-electron chi connectivity index (χ2n) is 5.44. The lowest BCUT2D eigenvalue weighted by molar-refractivity contribution is -0.122. The van der Waals surface area contributed by atoms with E-state index in [0.29, 0.717) is 23.0 Å². The molecular weight excluding hydrogens is 331 g/mol. The summed E-state index contributed by atoms with van der Waals surface area (Å²) >= 11 is 12.0. The van der Waals surface area contributed by atoms with Gasteiger partial charge in [-0.3, -0.25) is 4.79 Å². The van der Waals surface area contributed by atoms with Crippen LogP contribution in [0, 0.1) is 0 Å². The van der Waals surface area contributed by atoms with Gasteiger partial charge in [-0.25, -0.2) is 0 Å². The molecule has 23 heavy (non-hydrogen) atoms. The summed E-state index contributed by atoms with van der Waals surface area (Å²) in [4.78, 5) is 11.8. The molecule has 0 aromatic heterocycles. The van der Waals surface area contributed by atoms with Gasteiger partial charge in [0, 0.05) is 6.54 Å².